The van der Waals surface area contributed by atoms with Crippen molar-refractivity contribution in [3.8, 4) is 17.0 Å². The average Bonchev–Trinajstić information content (AvgIpc) is 2.98. The maximum absolute atomic E-state index is 14.0. The minimum atomic E-state index is -0.319. The molecule has 3 rings (SSSR count). The topological polar surface area (TPSA) is 119 Å². The van der Waals surface area contributed by atoms with Crippen molar-refractivity contribution in [3.63, 3.8) is 0 Å². The highest BCUT2D eigenvalue weighted by atomic mass is 19.1. The van der Waals surface area contributed by atoms with E-state index >= 15 is 0 Å². The molecule has 0 radical (unpaired) electrons. The highest BCUT2D eigenvalue weighted by molar-refractivity contribution is 5.73. The van der Waals surface area contributed by atoms with Gasteiger partial charge in [0.05, 0.1) is 12.3 Å². The van der Waals surface area contributed by atoms with Gasteiger partial charge in [-0.2, -0.15) is 4.98 Å². The van der Waals surface area contributed by atoms with E-state index in [0.717, 1.165) is 0 Å². The summed E-state index contributed by atoms with van der Waals surface area (Å²) in [5, 5.41) is 11.8. The number of aliphatic hydroxyl groups excluding tert-OH is 1. The summed E-state index contributed by atoms with van der Waals surface area (Å²) in [6.07, 6.45) is 0.189. The lowest BCUT2D eigenvalue weighted by atomic mass is 10.0. The highest BCUT2D eigenvalue weighted by Crippen LogP contribution is 2.40. The van der Waals surface area contributed by atoms with Crippen LogP contribution >= 0.6 is 0 Å². The van der Waals surface area contributed by atoms with E-state index in [1.165, 1.54) is 6.07 Å². The maximum atomic E-state index is 14.0. The molecule has 0 saturated heterocycles. The highest BCUT2D eigenvalue weighted by Gasteiger charge is 2.28. The van der Waals surface area contributed by atoms with Crippen molar-refractivity contribution in [1.82, 2.24) is 9.97 Å². The van der Waals surface area contributed by atoms with Gasteiger partial charge in [-0.15, -0.1) is 0 Å². The molecule has 0 bridgehead atoms. The van der Waals surface area contributed by atoms with Crippen LogP contribution in [0.4, 0.5) is 16.2 Å². The molecule has 2 aromatic rings. The largest absolute Gasteiger partial charge is 0.488 e. The third-order valence-corrected chi connectivity index (χ3v) is 3.62. The fourth-order valence-corrected chi connectivity index (χ4v) is 2.58. The number of halogens is 1. The summed E-state index contributed by atoms with van der Waals surface area (Å²) in [5.74, 6) is 0.689. The number of fused-ring (bicyclic) bond motifs is 1. The molecule has 1 aromatic heterocycles. The molecule has 0 fully saturated rings. The Balaban J connectivity index is 2.03. The Morgan fingerprint density at radius 3 is 2.96 bits per heavy atom. The Hall–Kier alpha value is -2.45. The second-order valence-corrected chi connectivity index (χ2v) is 5.23. The Morgan fingerprint density at radius 1 is 1.39 bits per heavy atom. The Labute approximate surface area is 132 Å². The minimum Gasteiger partial charge on any atom is -0.488 e. The molecule has 1 atom stereocenters. The number of nitrogen functional groups attached to an aromatic ring is 1. The zero-order chi connectivity index (χ0) is 16.4. The van der Waals surface area contributed by atoms with Crippen molar-refractivity contribution in [3.05, 3.63) is 29.6 Å². The zero-order valence-electron chi connectivity index (χ0n) is 12.4. The molecule has 2 heterocycles. The maximum Gasteiger partial charge on any atom is 0.222 e. The Morgan fingerprint density at radius 2 is 2.22 bits per heavy atom. The van der Waals surface area contributed by atoms with Gasteiger partial charge >= 0.3 is 0 Å². The number of aromatic nitrogens is 2. The number of nitrogens with one attached hydrogen (secondary N) is 1. The number of hydrogen-bond donors (Lipinski definition) is 4. The monoisotopic (exact) mass is 319 g/mol. The van der Waals surface area contributed by atoms with Gasteiger partial charge < -0.3 is 26.6 Å². The molecular formula is C15H18FN5O2. The number of ether oxygens (including phenoxy) is 1. The van der Waals surface area contributed by atoms with Gasteiger partial charge in [0.1, 0.15) is 23.5 Å². The summed E-state index contributed by atoms with van der Waals surface area (Å²) < 4.78 is 19.8. The van der Waals surface area contributed by atoms with Crippen molar-refractivity contribution in [2.45, 2.75) is 12.5 Å². The van der Waals surface area contributed by atoms with Crippen LogP contribution < -0.4 is 21.5 Å². The molecule has 23 heavy (non-hydrogen) atoms. The zero-order valence-corrected chi connectivity index (χ0v) is 12.4. The first kappa shape index (κ1) is 15.4. The molecule has 6 N–H and O–H groups in total. The van der Waals surface area contributed by atoms with Crippen LogP contribution in [0.3, 0.4) is 0 Å². The van der Waals surface area contributed by atoms with Gasteiger partial charge in [0, 0.05) is 36.7 Å². The van der Waals surface area contributed by atoms with Gasteiger partial charge in [0.2, 0.25) is 5.95 Å². The SMILES string of the molecule is NCC1Cc2c(F)ccc(-c3cc(NCCO)nc(N)n3)c2O1. The van der Waals surface area contributed by atoms with Crippen molar-refractivity contribution in [1.29, 1.82) is 0 Å². The lowest BCUT2D eigenvalue weighted by molar-refractivity contribution is 0.242. The van der Waals surface area contributed by atoms with E-state index in [2.05, 4.69) is 15.3 Å². The van der Waals surface area contributed by atoms with Crippen molar-refractivity contribution in [2.75, 3.05) is 30.7 Å². The molecule has 7 nitrogen and oxygen atoms in total. The average molecular weight is 319 g/mol. The third-order valence-electron chi connectivity index (χ3n) is 3.62. The van der Waals surface area contributed by atoms with Crippen LogP contribution in [0.1, 0.15) is 5.56 Å². The molecule has 0 saturated carbocycles. The molecule has 122 valence electrons. The quantitative estimate of drug-likeness (QED) is 0.634. The number of benzene rings is 1. The number of hydrogen-bond acceptors (Lipinski definition) is 7. The normalized spacial score (nSPS) is 16.0. The summed E-state index contributed by atoms with van der Waals surface area (Å²) in [7, 11) is 0. The van der Waals surface area contributed by atoms with Gasteiger partial charge in [0.15, 0.2) is 0 Å². The fourth-order valence-electron chi connectivity index (χ4n) is 2.58. The molecule has 1 aliphatic rings. The van der Waals surface area contributed by atoms with Crippen LogP contribution in [0.5, 0.6) is 5.75 Å². The van der Waals surface area contributed by atoms with E-state index in [1.807, 2.05) is 0 Å². The van der Waals surface area contributed by atoms with Crippen LogP contribution in [0.15, 0.2) is 18.2 Å². The predicted octanol–water partition coefficient (Wildman–Crippen LogP) is 0.531. The molecule has 0 spiro atoms. The van der Waals surface area contributed by atoms with E-state index < -0.39 is 0 Å². The Kier molecular flexibility index (Phi) is 4.26. The van der Waals surface area contributed by atoms with E-state index in [9.17, 15) is 4.39 Å². The van der Waals surface area contributed by atoms with Gasteiger partial charge in [0.25, 0.3) is 0 Å². The molecule has 1 aromatic carbocycles. The summed E-state index contributed by atoms with van der Waals surface area (Å²) in [5.41, 5.74) is 13.0. The molecule has 1 aliphatic heterocycles. The number of aliphatic hydroxyl groups is 1. The molecule has 1 unspecified atom stereocenters. The smallest absolute Gasteiger partial charge is 0.222 e. The lowest BCUT2D eigenvalue weighted by Gasteiger charge is -2.12. The lowest BCUT2D eigenvalue weighted by Crippen LogP contribution is -2.24. The van der Waals surface area contributed by atoms with Crippen LogP contribution in [-0.2, 0) is 6.42 Å². The Bertz CT molecular complexity index is 725. The van der Waals surface area contributed by atoms with Crippen LogP contribution in [0, 0.1) is 5.82 Å². The molecule has 0 amide bonds. The number of rotatable bonds is 5. The first-order chi connectivity index (χ1) is 11.1. The number of nitrogens with zero attached hydrogens (tertiary/aromatic N) is 2. The second-order valence-electron chi connectivity index (χ2n) is 5.23. The predicted molar refractivity (Wildman–Crippen MR) is 84.6 cm³/mol. The summed E-state index contributed by atoms with van der Waals surface area (Å²) in [4.78, 5) is 8.25. The standard InChI is InChI=1S/C15H18FN5O2/c16-11-2-1-9(14-10(11)5-8(7-17)23-14)12-6-13(19-3-4-22)21-15(18)20-12/h1-2,6,8,22H,3-5,7,17H2,(H3,18,19,20,21). The van der Waals surface area contributed by atoms with Crippen LogP contribution in [0.25, 0.3) is 11.3 Å². The molecular weight excluding hydrogens is 301 g/mol. The fraction of sp³-hybridized carbons (Fsp3) is 0.333. The van der Waals surface area contributed by atoms with Crippen molar-refractivity contribution >= 4 is 11.8 Å². The number of anilines is 2. The third kappa shape index (κ3) is 3.03. The van der Waals surface area contributed by atoms with E-state index in [4.69, 9.17) is 21.3 Å². The van der Waals surface area contributed by atoms with Gasteiger partial charge in [-0.05, 0) is 12.1 Å². The van der Waals surface area contributed by atoms with Crippen LogP contribution in [-0.4, -0.2) is 40.9 Å². The van der Waals surface area contributed by atoms with Crippen molar-refractivity contribution in [2.24, 2.45) is 5.73 Å². The minimum absolute atomic E-state index is 0.0352. The van der Waals surface area contributed by atoms with Crippen LogP contribution in [0.2, 0.25) is 0 Å². The van der Waals surface area contributed by atoms with E-state index in [0.29, 0.717) is 47.9 Å². The first-order valence-electron chi connectivity index (χ1n) is 7.30. The molecule has 8 heteroatoms. The second kappa shape index (κ2) is 6.35. The van der Waals surface area contributed by atoms with Gasteiger partial charge in [-0.3, -0.25) is 0 Å². The van der Waals surface area contributed by atoms with E-state index in [1.54, 1.807) is 12.1 Å². The number of nitrogens with two attached hydrogens (primary N) is 2. The van der Waals surface area contributed by atoms with Gasteiger partial charge in [-0.25, -0.2) is 9.37 Å². The summed E-state index contributed by atoms with van der Waals surface area (Å²) in [6.45, 7) is 0.610. The van der Waals surface area contributed by atoms with Gasteiger partial charge in [-0.1, -0.05) is 0 Å². The molecule has 0 aliphatic carbocycles. The first-order valence-corrected chi connectivity index (χ1v) is 7.30. The summed E-state index contributed by atoms with van der Waals surface area (Å²) in [6, 6.07) is 4.67. The summed E-state index contributed by atoms with van der Waals surface area (Å²) >= 11 is 0. The van der Waals surface area contributed by atoms with E-state index in [-0.39, 0.29) is 24.5 Å². The van der Waals surface area contributed by atoms with Crippen molar-refractivity contribution < 1.29 is 14.2 Å².